The topological polar surface area (TPSA) is 0 Å². The van der Waals surface area contributed by atoms with Gasteiger partial charge in [-0.2, -0.15) is 0 Å². The Labute approximate surface area is 126 Å². The van der Waals surface area contributed by atoms with Gasteiger partial charge in [0.05, 0.1) is 0 Å². The summed E-state index contributed by atoms with van der Waals surface area (Å²) in [5, 5.41) is 1.13. The summed E-state index contributed by atoms with van der Waals surface area (Å²) < 4.78 is 0. The second kappa shape index (κ2) is 15.0. The Kier molecular flexibility index (Phi) is 15.9. The molecule has 2 heteroatoms. The molecule has 0 nitrogen and oxygen atoms in total. The van der Waals surface area contributed by atoms with Crippen molar-refractivity contribution in [3.63, 3.8) is 0 Å². The fraction of sp³-hybridized carbons (Fsp3) is 1.00. The van der Waals surface area contributed by atoms with Crippen molar-refractivity contribution in [3.8, 4) is 0 Å². The van der Waals surface area contributed by atoms with E-state index in [1.165, 1.54) is 77.0 Å². The van der Waals surface area contributed by atoms with Crippen LogP contribution in [0.25, 0.3) is 0 Å². The first kappa shape index (κ1) is 18.0. The van der Waals surface area contributed by atoms with Crippen molar-refractivity contribution in [3.05, 3.63) is 0 Å². The van der Waals surface area contributed by atoms with Gasteiger partial charge >= 0.3 is 0 Å². The molecule has 1 unspecified atom stereocenters. The lowest BCUT2D eigenvalue weighted by Gasteiger charge is -2.07. The van der Waals surface area contributed by atoms with Crippen LogP contribution in [-0.2, 0) is 0 Å². The molecule has 0 fully saturated rings. The molecule has 0 aliphatic heterocycles. The predicted molar refractivity (Wildman–Crippen MR) is 87.6 cm³/mol. The first-order valence-corrected chi connectivity index (χ1v) is 9.55. The standard InChI is InChI=1S/C15H30Br2/c1-2-3-4-5-6-7-8-9-10-11-12-15(17)13-14-16/h15H,2-14H2,1H3. The van der Waals surface area contributed by atoms with Crippen LogP contribution in [0.4, 0.5) is 0 Å². The van der Waals surface area contributed by atoms with Crippen molar-refractivity contribution in [2.45, 2.75) is 88.8 Å². The maximum Gasteiger partial charge on any atom is 0.0153 e. The molecule has 0 aromatic rings. The summed E-state index contributed by atoms with van der Waals surface area (Å²) >= 11 is 7.22. The van der Waals surface area contributed by atoms with Crippen molar-refractivity contribution in [2.24, 2.45) is 0 Å². The molecule has 0 N–H and O–H groups in total. The lowest BCUT2D eigenvalue weighted by Crippen LogP contribution is -1.97. The molecular formula is C15H30Br2. The van der Waals surface area contributed by atoms with Gasteiger partial charge in [-0.15, -0.1) is 0 Å². The lowest BCUT2D eigenvalue weighted by atomic mass is 10.0. The van der Waals surface area contributed by atoms with E-state index in [9.17, 15) is 0 Å². The maximum absolute atomic E-state index is 3.73. The van der Waals surface area contributed by atoms with E-state index in [2.05, 4.69) is 38.8 Å². The summed E-state index contributed by atoms with van der Waals surface area (Å²) in [4.78, 5) is 0.732. The fourth-order valence-electron chi connectivity index (χ4n) is 2.12. The molecule has 17 heavy (non-hydrogen) atoms. The minimum Gasteiger partial charge on any atom is -0.0928 e. The largest absolute Gasteiger partial charge is 0.0928 e. The monoisotopic (exact) mass is 368 g/mol. The lowest BCUT2D eigenvalue weighted by molar-refractivity contribution is 0.546. The number of rotatable bonds is 13. The Bertz CT molecular complexity index is 137. The van der Waals surface area contributed by atoms with Gasteiger partial charge in [-0.1, -0.05) is 103 Å². The summed E-state index contributed by atoms with van der Waals surface area (Å²) in [6.07, 6.45) is 17.0. The molecule has 0 rings (SSSR count). The van der Waals surface area contributed by atoms with Gasteiger partial charge in [-0.3, -0.25) is 0 Å². The van der Waals surface area contributed by atoms with Gasteiger partial charge in [0, 0.05) is 10.2 Å². The van der Waals surface area contributed by atoms with Gasteiger partial charge < -0.3 is 0 Å². The van der Waals surface area contributed by atoms with Gasteiger partial charge in [0.2, 0.25) is 0 Å². The minimum atomic E-state index is 0.732. The average molecular weight is 370 g/mol. The number of hydrogen-bond acceptors (Lipinski definition) is 0. The van der Waals surface area contributed by atoms with Crippen molar-refractivity contribution in [1.82, 2.24) is 0 Å². The highest BCUT2D eigenvalue weighted by Gasteiger charge is 2.01. The Morgan fingerprint density at radius 1 is 0.706 bits per heavy atom. The van der Waals surface area contributed by atoms with Crippen LogP contribution in [0.2, 0.25) is 0 Å². The molecule has 0 bridgehead atoms. The molecule has 0 aliphatic carbocycles. The van der Waals surface area contributed by atoms with E-state index in [0.717, 1.165) is 10.2 Å². The molecule has 0 amide bonds. The molecular weight excluding hydrogens is 340 g/mol. The molecule has 0 aromatic carbocycles. The first-order valence-electron chi connectivity index (χ1n) is 7.51. The summed E-state index contributed by atoms with van der Waals surface area (Å²) in [6.45, 7) is 2.28. The molecule has 0 spiro atoms. The highest BCUT2D eigenvalue weighted by Crippen LogP contribution is 2.17. The number of alkyl halides is 2. The van der Waals surface area contributed by atoms with Crippen molar-refractivity contribution < 1.29 is 0 Å². The van der Waals surface area contributed by atoms with Crippen LogP contribution in [0, 0.1) is 0 Å². The first-order chi connectivity index (χ1) is 8.31. The van der Waals surface area contributed by atoms with E-state index in [1.54, 1.807) is 0 Å². The quantitative estimate of drug-likeness (QED) is 0.246. The van der Waals surface area contributed by atoms with Crippen LogP contribution in [-0.4, -0.2) is 10.2 Å². The molecule has 0 aliphatic rings. The number of unbranched alkanes of at least 4 members (excludes halogenated alkanes) is 9. The average Bonchev–Trinajstić information content (AvgIpc) is 2.32. The van der Waals surface area contributed by atoms with Crippen LogP contribution in [0.15, 0.2) is 0 Å². The van der Waals surface area contributed by atoms with Crippen molar-refractivity contribution in [2.75, 3.05) is 5.33 Å². The second-order valence-electron chi connectivity index (χ2n) is 5.05. The van der Waals surface area contributed by atoms with Crippen LogP contribution >= 0.6 is 31.9 Å². The van der Waals surface area contributed by atoms with Gasteiger partial charge in [0.15, 0.2) is 0 Å². The molecule has 0 saturated heterocycles. The van der Waals surface area contributed by atoms with E-state index in [4.69, 9.17) is 0 Å². The smallest absolute Gasteiger partial charge is 0.0153 e. The zero-order valence-corrected chi connectivity index (χ0v) is 14.7. The van der Waals surface area contributed by atoms with Crippen molar-refractivity contribution in [1.29, 1.82) is 0 Å². The van der Waals surface area contributed by atoms with Gasteiger partial charge in [-0.05, 0) is 12.8 Å². The van der Waals surface area contributed by atoms with Gasteiger partial charge in [0.25, 0.3) is 0 Å². The summed E-state index contributed by atoms with van der Waals surface area (Å²) in [5.41, 5.74) is 0. The Hall–Kier alpha value is 0.960. The van der Waals surface area contributed by atoms with E-state index >= 15 is 0 Å². The van der Waals surface area contributed by atoms with E-state index < -0.39 is 0 Å². The minimum absolute atomic E-state index is 0.732. The highest BCUT2D eigenvalue weighted by atomic mass is 79.9. The third kappa shape index (κ3) is 14.9. The molecule has 1 atom stereocenters. The molecule has 0 heterocycles. The van der Waals surface area contributed by atoms with Crippen LogP contribution < -0.4 is 0 Å². The Morgan fingerprint density at radius 3 is 1.65 bits per heavy atom. The van der Waals surface area contributed by atoms with Crippen LogP contribution in [0.1, 0.15) is 84.0 Å². The molecule has 0 radical (unpaired) electrons. The van der Waals surface area contributed by atoms with E-state index in [1.807, 2.05) is 0 Å². The molecule has 0 aromatic heterocycles. The third-order valence-corrected chi connectivity index (χ3v) is 4.67. The van der Waals surface area contributed by atoms with E-state index in [0.29, 0.717) is 0 Å². The summed E-state index contributed by atoms with van der Waals surface area (Å²) in [5.74, 6) is 0. The van der Waals surface area contributed by atoms with Crippen molar-refractivity contribution >= 4 is 31.9 Å². The Morgan fingerprint density at radius 2 is 1.18 bits per heavy atom. The van der Waals surface area contributed by atoms with Gasteiger partial charge in [-0.25, -0.2) is 0 Å². The van der Waals surface area contributed by atoms with Gasteiger partial charge in [0.1, 0.15) is 0 Å². The normalized spacial score (nSPS) is 12.9. The van der Waals surface area contributed by atoms with Crippen LogP contribution in [0.5, 0.6) is 0 Å². The zero-order valence-electron chi connectivity index (χ0n) is 11.5. The zero-order chi connectivity index (χ0) is 12.8. The number of halogens is 2. The second-order valence-corrected chi connectivity index (χ2v) is 7.13. The highest BCUT2D eigenvalue weighted by molar-refractivity contribution is 9.10. The molecule has 104 valence electrons. The summed E-state index contributed by atoms with van der Waals surface area (Å²) in [6, 6.07) is 0. The summed E-state index contributed by atoms with van der Waals surface area (Å²) in [7, 11) is 0. The Balaban J connectivity index is 2.98. The predicted octanol–water partition coefficient (Wildman–Crippen LogP) is 6.85. The SMILES string of the molecule is CCCCCCCCCCCCC(Br)CCBr. The maximum atomic E-state index is 3.73. The van der Waals surface area contributed by atoms with E-state index in [-0.39, 0.29) is 0 Å². The number of hydrogen-bond donors (Lipinski definition) is 0. The third-order valence-electron chi connectivity index (χ3n) is 3.29. The fourth-order valence-corrected chi connectivity index (χ4v) is 3.84. The molecule has 0 saturated carbocycles. The van der Waals surface area contributed by atoms with Crippen LogP contribution in [0.3, 0.4) is 0 Å².